The fourth-order valence-electron chi connectivity index (χ4n) is 3.42. The maximum absolute atomic E-state index is 10.8. The molecule has 4 rings (SSSR count). The van der Waals surface area contributed by atoms with E-state index in [9.17, 15) is 4.79 Å². The van der Waals surface area contributed by atoms with Crippen molar-refractivity contribution in [2.24, 2.45) is 0 Å². The molecule has 0 atom stereocenters. The minimum atomic E-state index is -0.770. The number of hydrogen-bond acceptors (Lipinski definition) is 5. The maximum Gasteiger partial charge on any atom is 0.304 e. The molecule has 0 amide bonds. The Morgan fingerprint density at radius 3 is 2.62 bits per heavy atom. The zero-order chi connectivity index (χ0) is 20.1. The van der Waals surface area contributed by atoms with E-state index in [4.69, 9.17) is 9.84 Å². The number of ether oxygens (including phenoxy) is 1. The van der Waals surface area contributed by atoms with Gasteiger partial charge in [-0.25, -0.2) is 0 Å². The van der Waals surface area contributed by atoms with Gasteiger partial charge in [-0.2, -0.15) is 10.2 Å². The van der Waals surface area contributed by atoms with E-state index in [1.807, 2.05) is 54.6 Å². The third-order valence-corrected chi connectivity index (χ3v) is 5.07. The smallest absolute Gasteiger partial charge is 0.304 e. The Morgan fingerprint density at radius 1 is 1.07 bits per heavy atom. The number of benzene rings is 2. The van der Waals surface area contributed by atoms with Gasteiger partial charge in [-0.3, -0.25) is 9.69 Å². The molecule has 6 nitrogen and oxygen atoms in total. The van der Waals surface area contributed by atoms with E-state index in [0.717, 1.165) is 41.2 Å². The predicted molar refractivity (Wildman–Crippen MR) is 109 cm³/mol. The van der Waals surface area contributed by atoms with Crippen LogP contribution in [0.5, 0.6) is 5.75 Å². The Kier molecular flexibility index (Phi) is 5.81. The molecule has 1 N–H and O–H groups in total. The predicted octanol–water partition coefficient (Wildman–Crippen LogP) is 3.56. The number of rotatable bonds is 7. The lowest BCUT2D eigenvalue weighted by atomic mass is 10.0. The van der Waals surface area contributed by atoms with Crippen molar-refractivity contribution in [1.29, 1.82) is 0 Å². The molecule has 1 aliphatic rings. The van der Waals surface area contributed by atoms with Crippen molar-refractivity contribution in [2.75, 3.05) is 13.1 Å². The second-order valence-electron chi connectivity index (χ2n) is 7.17. The minimum absolute atomic E-state index is 0.152. The Hall–Kier alpha value is -3.25. The second kappa shape index (κ2) is 8.84. The third-order valence-electron chi connectivity index (χ3n) is 5.07. The summed E-state index contributed by atoms with van der Waals surface area (Å²) in [7, 11) is 0. The number of nitrogens with zero attached hydrogens (tertiary/aromatic N) is 3. The van der Waals surface area contributed by atoms with Gasteiger partial charge in [-0.15, -0.1) is 0 Å². The van der Waals surface area contributed by atoms with Gasteiger partial charge in [0.25, 0.3) is 0 Å². The van der Waals surface area contributed by atoms with Crippen molar-refractivity contribution in [2.45, 2.75) is 26.0 Å². The maximum atomic E-state index is 10.8. The molecule has 3 aromatic rings. The molecule has 148 valence electrons. The quantitative estimate of drug-likeness (QED) is 0.666. The number of carboxylic acids is 1. The molecule has 6 heteroatoms. The molecule has 0 fully saturated rings. The van der Waals surface area contributed by atoms with E-state index < -0.39 is 5.97 Å². The van der Waals surface area contributed by atoms with Gasteiger partial charge in [0.2, 0.25) is 0 Å². The number of aliphatic carboxylic acids is 1. The average Bonchev–Trinajstić information content (AvgIpc) is 2.77. The van der Waals surface area contributed by atoms with Gasteiger partial charge in [-0.1, -0.05) is 30.3 Å². The van der Waals surface area contributed by atoms with Crippen LogP contribution >= 0.6 is 0 Å². The fourth-order valence-corrected chi connectivity index (χ4v) is 3.42. The van der Waals surface area contributed by atoms with Crippen molar-refractivity contribution in [3.05, 3.63) is 77.5 Å². The molecular formula is C23H23N3O3. The van der Waals surface area contributed by atoms with Crippen LogP contribution in [0.2, 0.25) is 0 Å². The highest BCUT2D eigenvalue weighted by Crippen LogP contribution is 2.25. The molecule has 0 radical (unpaired) electrons. The van der Waals surface area contributed by atoms with E-state index in [1.165, 1.54) is 5.56 Å². The molecule has 0 spiro atoms. The van der Waals surface area contributed by atoms with Crippen LogP contribution in [0, 0.1) is 0 Å². The van der Waals surface area contributed by atoms with Gasteiger partial charge in [0, 0.05) is 25.2 Å². The largest absolute Gasteiger partial charge is 0.489 e. The number of aromatic nitrogens is 2. The molecule has 29 heavy (non-hydrogen) atoms. The molecule has 1 aliphatic heterocycles. The average molecular weight is 389 g/mol. The molecular weight excluding hydrogens is 366 g/mol. The van der Waals surface area contributed by atoms with Crippen LogP contribution in [0.25, 0.3) is 11.3 Å². The van der Waals surface area contributed by atoms with E-state index in [0.29, 0.717) is 19.7 Å². The molecule has 0 bridgehead atoms. The lowest BCUT2D eigenvalue weighted by Gasteiger charge is -2.27. The van der Waals surface area contributed by atoms with E-state index >= 15 is 0 Å². The Balaban J connectivity index is 1.39. The Morgan fingerprint density at radius 2 is 1.86 bits per heavy atom. The van der Waals surface area contributed by atoms with Crippen LogP contribution in [0.3, 0.4) is 0 Å². The Labute approximate surface area is 169 Å². The molecule has 2 heterocycles. The van der Waals surface area contributed by atoms with Gasteiger partial charge in [0.05, 0.1) is 17.8 Å². The monoisotopic (exact) mass is 389 g/mol. The first-order valence-electron chi connectivity index (χ1n) is 9.74. The Bertz CT molecular complexity index is 974. The van der Waals surface area contributed by atoms with E-state index in [2.05, 4.69) is 21.2 Å². The lowest BCUT2D eigenvalue weighted by molar-refractivity contribution is -0.137. The first-order valence-corrected chi connectivity index (χ1v) is 9.74. The van der Waals surface area contributed by atoms with Crippen LogP contribution in [0.1, 0.15) is 23.2 Å². The summed E-state index contributed by atoms with van der Waals surface area (Å²) in [6.07, 6.45) is 1.01. The minimum Gasteiger partial charge on any atom is -0.489 e. The number of hydrogen-bond donors (Lipinski definition) is 1. The first kappa shape index (κ1) is 19.1. The standard InChI is InChI=1S/C23H23N3O3/c27-23(28)11-13-26-12-10-19-14-21(24-25-22(19)15-26)18-6-8-20(9-7-18)29-16-17-4-2-1-3-5-17/h1-9,14H,10-13,15-16H2,(H,27,28). The van der Waals surface area contributed by atoms with Crippen molar-refractivity contribution >= 4 is 5.97 Å². The number of fused-ring (bicyclic) bond motifs is 1. The summed E-state index contributed by atoms with van der Waals surface area (Å²) in [4.78, 5) is 12.9. The van der Waals surface area contributed by atoms with Crippen LogP contribution in [0.15, 0.2) is 60.7 Å². The summed E-state index contributed by atoms with van der Waals surface area (Å²) < 4.78 is 5.84. The molecule has 0 unspecified atom stereocenters. The van der Waals surface area contributed by atoms with Crippen LogP contribution in [-0.4, -0.2) is 39.3 Å². The summed E-state index contributed by atoms with van der Waals surface area (Å²) in [5, 5.41) is 17.6. The van der Waals surface area contributed by atoms with Gasteiger partial charge < -0.3 is 9.84 Å². The second-order valence-corrected chi connectivity index (χ2v) is 7.17. The normalized spacial score (nSPS) is 13.7. The van der Waals surface area contributed by atoms with Crippen molar-refractivity contribution < 1.29 is 14.6 Å². The first-order chi connectivity index (χ1) is 14.2. The molecule has 2 aromatic carbocycles. The SMILES string of the molecule is O=C(O)CCN1CCc2cc(-c3ccc(OCc4ccccc4)cc3)nnc2C1. The highest BCUT2D eigenvalue weighted by atomic mass is 16.5. The van der Waals surface area contributed by atoms with Gasteiger partial charge in [0.1, 0.15) is 12.4 Å². The zero-order valence-electron chi connectivity index (χ0n) is 16.1. The van der Waals surface area contributed by atoms with Gasteiger partial charge >= 0.3 is 5.97 Å². The third kappa shape index (κ3) is 4.97. The zero-order valence-corrected chi connectivity index (χ0v) is 16.1. The van der Waals surface area contributed by atoms with Crippen LogP contribution < -0.4 is 4.74 Å². The van der Waals surface area contributed by atoms with Crippen molar-refractivity contribution in [1.82, 2.24) is 15.1 Å². The van der Waals surface area contributed by atoms with Gasteiger partial charge in [-0.05, 0) is 47.9 Å². The number of carboxylic acid groups (broad SMARTS) is 1. The molecule has 1 aromatic heterocycles. The van der Waals surface area contributed by atoms with Crippen LogP contribution in [-0.2, 0) is 24.4 Å². The number of carbonyl (C=O) groups is 1. The highest BCUT2D eigenvalue weighted by Gasteiger charge is 2.19. The summed E-state index contributed by atoms with van der Waals surface area (Å²) >= 11 is 0. The fraction of sp³-hybridized carbons (Fsp3) is 0.261. The summed E-state index contributed by atoms with van der Waals surface area (Å²) in [5.41, 5.74) is 5.10. The van der Waals surface area contributed by atoms with Crippen LogP contribution in [0.4, 0.5) is 0 Å². The van der Waals surface area contributed by atoms with Crippen molar-refractivity contribution in [3.8, 4) is 17.0 Å². The summed E-state index contributed by atoms with van der Waals surface area (Å²) in [6.45, 7) is 2.58. The van der Waals surface area contributed by atoms with Crippen molar-refractivity contribution in [3.63, 3.8) is 0 Å². The molecule has 0 saturated carbocycles. The molecule has 0 saturated heterocycles. The topological polar surface area (TPSA) is 75.5 Å². The molecule has 0 aliphatic carbocycles. The lowest BCUT2D eigenvalue weighted by Crippen LogP contribution is -2.33. The highest BCUT2D eigenvalue weighted by molar-refractivity contribution is 5.66. The van der Waals surface area contributed by atoms with E-state index in [1.54, 1.807) is 0 Å². The van der Waals surface area contributed by atoms with Gasteiger partial charge in [0.15, 0.2) is 0 Å². The van der Waals surface area contributed by atoms with E-state index in [-0.39, 0.29) is 6.42 Å². The summed E-state index contributed by atoms with van der Waals surface area (Å²) in [6, 6.07) is 20.1. The summed E-state index contributed by atoms with van der Waals surface area (Å²) in [5.74, 6) is 0.0472.